The van der Waals surface area contributed by atoms with Crippen LogP contribution in [-0.4, -0.2) is 25.4 Å². The molecule has 1 aromatic heterocycles. The molecule has 1 heterocycles. The van der Waals surface area contributed by atoms with Crippen molar-refractivity contribution in [3.05, 3.63) is 52.9 Å². The van der Waals surface area contributed by atoms with Crippen LogP contribution < -0.4 is 10.2 Å². The van der Waals surface area contributed by atoms with Gasteiger partial charge >= 0.3 is 0 Å². The summed E-state index contributed by atoms with van der Waals surface area (Å²) in [5, 5.41) is 3.38. The van der Waals surface area contributed by atoms with Gasteiger partial charge in [-0.05, 0) is 37.1 Å². The molecular formula is C17H17ClN2O3. The lowest BCUT2D eigenvalue weighted by atomic mass is 10.2. The maximum Gasteiger partial charge on any atom is 0.251 e. The van der Waals surface area contributed by atoms with E-state index >= 15 is 0 Å². The summed E-state index contributed by atoms with van der Waals surface area (Å²) < 4.78 is 5.48. The zero-order chi connectivity index (χ0) is 16.2. The third kappa shape index (κ3) is 3.74. The number of nitrogens with one attached hydrogen (secondary N) is 1. The molecule has 2 aromatic rings. The summed E-state index contributed by atoms with van der Waals surface area (Å²) in [6.45, 7) is 0.748. The highest BCUT2D eigenvalue weighted by molar-refractivity contribution is 6.30. The third-order valence-corrected chi connectivity index (χ3v) is 4.05. The first-order valence-electron chi connectivity index (χ1n) is 7.52. The van der Waals surface area contributed by atoms with Gasteiger partial charge in [-0.3, -0.25) is 9.59 Å². The molecule has 120 valence electrons. The Balaban J connectivity index is 1.56. The summed E-state index contributed by atoms with van der Waals surface area (Å²) in [6.07, 6.45) is 4.57. The predicted molar refractivity (Wildman–Crippen MR) is 87.9 cm³/mol. The molecule has 1 aliphatic rings. The van der Waals surface area contributed by atoms with Crippen LogP contribution in [0.25, 0.3) is 0 Å². The molecule has 3 rings (SSSR count). The molecule has 0 bridgehead atoms. The van der Waals surface area contributed by atoms with Gasteiger partial charge in [0.15, 0.2) is 0 Å². The van der Waals surface area contributed by atoms with Gasteiger partial charge in [-0.15, -0.1) is 0 Å². The molecule has 2 amide bonds. The topological polar surface area (TPSA) is 62.6 Å². The Kier molecular flexibility index (Phi) is 4.67. The highest BCUT2D eigenvalue weighted by atomic mass is 35.5. The van der Waals surface area contributed by atoms with E-state index in [2.05, 4.69) is 5.32 Å². The van der Waals surface area contributed by atoms with Crippen LogP contribution in [0.4, 0.5) is 5.69 Å². The normalized spacial score (nSPS) is 13.6. The number of hydrogen-bond donors (Lipinski definition) is 1. The first-order chi connectivity index (χ1) is 11.2. The van der Waals surface area contributed by atoms with Crippen LogP contribution in [0.3, 0.4) is 0 Å². The highest BCUT2D eigenvalue weighted by Gasteiger charge is 2.30. The molecule has 0 spiro atoms. The number of hydrogen-bond acceptors (Lipinski definition) is 3. The Labute approximate surface area is 139 Å². The first-order valence-corrected chi connectivity index (χ1v) is 7.90. The molecule has 6 heteroatoms. The fourth-order valence-corrected chi connectivity index (χ4v) is 2.55. The first kappa shape index (κ1) is 15.6. The molecule has 0 unspecified atom stereocenters. The molecule has 23 heavy (non-hydrogen) atoms. The maximum atomic E-state index is 12.0. The molecule has 0 saturated heterocycles. The number of anilines is 1. The van der Waals surface area contributed by atoms with Gasteiger partial charge in [0.05, 0.1) is 12.0 Å². The molecule has 0 radical (unpaired) electrons. The zero-order valence-electron chi connectivity index (χ0n) is 12.5. The molecule has 1 fully saturated rings. The van der Waals surface area contributed by atoms with Crippen molar-refractivity contribution in [1.29, 1.82) is 0 Å². The number of carbonyl (C=O) groups is 2. The van der Waals surface area contributed by atoms with Crippen LogP contribution in [0.5, 0.6) is 0 Å². The average molecular weight is 333 g/mol. The minimum absolute atomic E-state index is 0.192. The van der Waals surface area contributed by atoms with Crippen molar-refractivity contribution < 1.29 is 14.0 Å². The predicted octanol–water partition coefficient (Wildman–Crippen LogP) is 3.20. The van der Waals surface area contributed by atoms with E-state index in [1.165, 1.54) is 0 Å². The van der Waals surface area contributed by atoms with E-state index in [0.29, 0.717) is 29.6 Å². The smallest absolute Gasteiger partial charge is 0.251 e. The molecule has 1 saturated carbocycles. The van der Waals surface area contributed by atoms with Crippen LogP contribution in [-0.2, 0) is 4.79 Å². The lowest BCUT2D eigenvalue weighted by molar-refractivity contribution is -0.107. The quantitative estimate of drug-likeness (QED) is 0.792. The summed E-state index contributed by atoms with van der Waals surface area (Å²) in [6, 6.07) is 8.46. The fraction of sp³-hybridized carbons (Fsp3) is 0.294. The summed E-state index contributed by atoms with van der Waals surface area (Å²) in [4.78, 5) is 24.9. The Morgan fingerprint density at radius 2 is 2.04 bits per heavy atom. The van der Waals surface area contributed by atoms with Crippen molar-refractivity contribution in [1.82, 2.24) is 5.32 Å². The van der Waals surface area contributed by atoms with Gasteiger partial charge < -0.3 is 14.6 Å². The van der Waals surface area contributed by atoms with Gasteiger partial charge in [-0.2, -0.15) is 0 Å². The van der Waals surface area contributed by atoms with Crippen LogP contribution in [0.2, 0.25) is 5.02 Å². The SMILES string of the molecule is O=CN(CCNC(=O)c1ccc(Cl)cc1)c1ccoc1C1CC1. The Bertz CT molecular complexity index is 692. The van der Waals surface area contributed by atoms with Crippen molar-refractivity contribution in [2.24, 2.45) is 0 Å². The maximum absolute atomic E-state index is 12.0. The van der Waals surface area contributed by atoms with Gasteiger partial charge in [0.25, 0.3) is 5.91 Å². The van der Waals surface area contributed by atoms with Gasteiger partial charge in [-0.1, -0.05) is 11.6 Å². The summed E-state index contributed by atoms with van der Waals surface area (Å²) >= 11 is 5.80. The van der Waals surface area contributed by atoms with Crippen molar-refractivity contribution in [2.75, 3.05) is 18.0 Å². The Morgan fingerprint density at radius 3 is 2.70 bits per heavy atom. The van der Waals surface area contributed by atoms with Crippen molar-refractivity contribution in [3.8, 4) is 0 Å². The molecular weight excluding hydrogens is 316 g/mol. The van der Waals surface area contributed by atoms with E-state index in [-0.39, 0.29) is 5.91 Å². The largest absolute Gasteiger partial charge is 0.467 e. The lowest BCUT2D eigenvalue weighted by Crippen LogP contribution is -2.34. The second-order valence-electron chi connectivity index (χ2n) is 5.51. The number of benzene rings is 1. The molecule has 5 nitrogen and oxygen atoms in total. The monoisotopic (exact) mass is 332 g/mol. The average Bonchev–Trinajstić information content (AvgIpc) is 3.30. The molecule has 1 N–H and O–H groups in total. The number of furan rings is 1. The molecule has 0 aliphatic heterocycles. The minimum atomic E-state index is -0.192. The number of carbonyl (C=O) groups excluding carboxylic acids is 2. The Hall–Kier alpha value is -2.27. The molecule has 1 aromatic carbocycles. The van der Waals surface area contributed by atoms with E-state index in [1.807, 2.05) is 0 Å². The van der Waals surface area contributed by atoms with E-state index < -0.39 is 0 Å². The van der Waals surface area contributed by atoms with Crippen molar-refractivity contribution >= 4 is 29.6 Å². The number of halogens is 1. The van der Waals surface area contributed by atoms with Gasteiger partial charge in [-0.25, -0.2) is 0 Å². The standard InChI is InChI=1S/C17H17ClN2O3/c18-14-5-3-13(4-6-14)17(22)19-8-9-20(11-21)15-7-10-23-16(15)12-1-2-12/h3-7,10-12H,1-2,8-9H2,(H,19,22). The number of amides is 2. The summed E-state index contributed by atoms with van der Waals surface area (Å²) in [5.74, 6) is 1.09. The molecule has 0 atom stereocenters. The Morgan fingerprint density at radius 1 is 1.30 bits per heavy atom. The summed E-state index contributed by atoms with van der Waals surface area (Å²) in [5.41, 5.74) is 1.33. The second-order valence-corrected chi connectivity index (χ2v) is 5.94. The van der Waals surface area contributed by atoms with E-state index in [1.54, 1.807) is 41.5 Å². The van der Waals surface area contributed by atoms with Crippen LogP contribution in [0, 0.1) is 0 Å². The summed E-state index contributed by atoms with van der Waals surface area (Å²) in [7, 11) is 0. The van der Waals surface area contributed by atoms with Crippen LogP contribution in [0.1, 0.15) is 34.9 Å². The van der Waals surface area contributed by atoms with E-state index in [9.17, 15) is 9.59 Å². The number of nitrogens with zero attached hydrogens (tertiary/aromatic N) is 1. The lowest BCUT2D eigenvalue weighted by Gasteiger charge is -2.17. The highest BCUT2D eigenvalue weighted by Crippen LogP contribution is 2.44. The van der Waals surface area contributed by atoms with Crippen molar-refractivity contribution in [3.63, 3.8) is 0 Å². The van der Waals surface area contributed by atoms with Gasteiger partial charge in [0, 0.05) is 35.7 Å². The van der Waals surface area contributed by atoms with Gasteiger partial charge in [0.2, 0.25) is 6.41 Å². The van der Waals surface area contributed by atoms with Crippen LogP contribution >= 0.6 is 11.6 Å². The number of rotatable bonds is 7. The van der Waals surface area contributed by atoms with E-state index in [0.717, 1.165) is 30.7 Å². The second kappa shape index (κ2) is 6.87. The fourth-order valence-electron chi connectivity index (χ4n) is 2.43. The minimum Gasteiger partial charge on any atom is -0.467 e. The zero-order valence-corrected chi connectivity index (χ0v) is 13.3. The third-order valence-electron chi connectivity index (χ3n) is 3.80. The van der Waals surface area contributed by atoms with Crippen molar-refractivity contribution in [2.45, 2.75) is 18.8 Å². The van der Waals surface area contributed by atoms with Crippen LogP contribution in [0.15, 0.2) is 41.0 Å². The van der Waals surface area contributed by atoms with Gasteiger partial charge in [0.1, 0.15) is 5.76 Å². The van der Waals surface area contributed by atoms with E-state index in [4.69, 9.17) is 16.0 Å². The molecule has 1 aliphatic carbocycles.